The Hall–Kier alpha value is -1.14. The van der Waals surface area contributed by atoms with Gasteiger partial charge < -0.3 is 20.5 Å². The van der Waals surface area contributed by atoms with Gasteiger partial charge in [-0.1, -0.05) is 17.7 Å². The molecule has 0 radical (unpaired) electrons. The van der Waals surface area contributed by atoms with Gasteiger partial charge in [0.2, 0.25) is 5.91 Å². The van der Waals surface area contributed by atoms with E-state index in [0.717, 1.165) is 5.56 Å². The molecule has 0 saturated carbocycles. The number of carbonyl (C=O) groups excluding carboxylic acids is 1. The van der Waals surface area contributed by atoms with Crippen LogP contribution in [0.3, 0.4) is 0 Å². The molecule has 0 saturated heterocycles. The van der Waals surface area contributed by atoms with Crippen LogP contribution in [0.5, 0.6) is 0 Å². The van der Waals surface area contributed by atoms with Crippen molar-refractivity contribution in [3.63, 3.8) is 0 Å². The number of hydrogen-bond acceptors (Lipinski definition) is 4. The zero-order chi connectivity index (χ0) is 15.0. The van der Waals surface area contributed by atoms with Crippen LogP contribution >= 0.6 is 11.6 Å². The van der Waals surface area contributed by atoms with Crippen molar-refractivity contribution in [1.29, 1.82) is 0 Å². The predicted molar refractivity (Wildman–Crippen MR) is 80.2 cm³/mol. The zero-order valence-corrected chi connectivity index (χ0v) is 12.5. The van der Waals surface area contributed by atoms with E-state index in [4.69, 9.17) is 16.3 Å². The van der Waals surface area contributed by atoms with Crippen molar-refractivity contribution in [3.05, 3.63) is 28.8 Å². The number of aliphatic hydroxyl groups is 1. The zero-order valence-electron chi connectivity index (χ0n) is 11.8. The molecule has 1 aromatic rings. The van der Waals surface area contributed by atoms with Gasteiger partial charge in [-0.05, 0) is 37.6 Å². The van der Waals surface area contributed by atoms with E-state index in [1.807, 2.05) is 13.0 Å². The Bertz CT molecular complexity index is 440. The molecule has 1 amide bonds. The van der Waals surface area contributed by atoms with Crippen LogP contribution in [0.4, 0.5) is 5.69 Å². The lowest BCUT2D eigenvalue weighted by Crippen LogP contribution is -2.31. The molecule has 0 heterocycles. The number of aryl methyl sites for hydroxylation is 1. The second-order valence-corrected chi connectivity index (χ2v) is 5.02. The summed E-state index contributed by atoms with van der Waals surface area (Å²) < 4.78 is 4.82. The van der Waals surface area contributed by atoms with Crippen molar-refractivity contribution < 1.29 is 14.6 Å². The minimum atomic E-state index is -0.509. The summed E-state index contributed by atoms with van der Waals surface area (Å²) in [5, 5.41) is 15.8. The Labute approximate surface area is 124 Å². The molecule has 0 aliphatic carbocycles. The van der Waals surface area contributed by atoms with E-state index in [0.29, 0.717) is 30.3 Å². The topological polar surface area (TPSA) is 70.6 Å². The molecule has 20 heavy (non-hydrogen) atoms. The number of amides is 1. The van der Waals surface area contributed by atoms with Crippen LogP contribution in [0, 0.1) is 6.92 Å². The molecule has 1 aromatic carbocycles. The number of anilines is 1. The van der Waals surface area contributed by atoms with Gasteiger partial charge in [-0.3, -0.25) is 4.79 Å². The summed E-state index contributed by atoms with van der Waals surface area (Å²) in [6, 6.07) is 5.35. The van der Waals surface area contributed by atoms with Gasteiger partial charge in [0.15, 0.2) is 0 Å². The minimum absolute atomic E-state index is 0.142. The molecule has 0 aromatic heterocycles. The molecule has 0 fully saturated rings. The smallest absolute Gasteiger partial charge is 0.238 e. The van der Waals surface area contributed by atoms with Crippen molar-refractivity contribution in [1.82, 2.24) is 5.32 Å². The number of benzene rings is 1. The highest BCUT2D eigenvalue weighted by atomic mass is 35.5. The van der Waals surface area contributed by atoms with Gasteiger partial charge >= 0.3 is 0 Å². The maximum absolute atomic E-state index is 11.7. The fourth-order valence-electron chi connectivity index (χ4n) is 1.67. The van der Waals surface area contributed by atoms with Crippen LogP contribution in [0.1, 0.15) is 12.0 Å². The van der Waals surface area contributed by atoms with E-state index in [1.165, 1.54) is 7.11 Å². The lowest BCUT2D eigenvalue weighted by atomic mass is 10.2. The third kappa shape index (κ3) is 6.34. The highest BCUT2D eigenvalue weighted by Gasteiger charge is 2.06. The van der Waals surface area contributed by atoms with E-state index in [9.17, 15) is 9.90 Å². The number of rotatable bonds is 8. The molecule has 0 spiro atoms. The van der Waals surface area contributed by atoms with Crippen LogP contribution in [-0.4, -0.2) is 43.9 Å². The molecule has 1 unspecified atom stereocenters. The number of nitrogens with one attached hydrogen (secondary N) is 2. The summed E-state index contributed by atoms with van der Waals surface area (Å²) in [6.07, 6.45) is 0.0304. The van der Waals surface area contributed by atoms with Gasteiger partial charge in [0.25, 0.3) is 0 Å². The van der Waals surface area contributed by atoms with Crippen molar-refractivity contribution >= 4 is 23.2 Å². The second-order valence-electron chi connectivity index (χ2n) is 4.58. The highest BCUT2D eigenvalue weighted by molar-refractivity contribution is 6.31. The van der Waals surface area contributed by atoms with Crippen LogP contribution in [-0.2, 0) is 9.53 Å². The van der Waals surface area contributed by atoms with Crippen molar-refractivity contribution in [2.45, 2.75) is 19.4 Å². The average molecular weight is 301 g/mol. The normalized spacial score (nSPS) is 12.2. The van der Waals surface area contributed by atoms with Crippen LogP contribution < -0.4 is 10.6 Å². The molecule has 3 N–H and O–H groups in total. The summed E-state index contributed by atoms with van der Waals surface area (Å²) >= 11 is 5.89. The second kappa shape index (κ2) is 8.92. The molecule has 6 heteroatoms. The van der Waals surface area contributed by atoms with Crippen LogP contribution in [0.15, 0.2) is 18.2 Å². The number of aliphatic hydroxyl groups excluding tert-OH is 1. The Balaban J connectivity index is 2.28. The number of ether oxygens (including phenoxy) is 1. The molecule has 0 aliphatic heterocycles. The van der Waals surface area contributed by atoms with E-state index in [2.05, 4.69) is 10.6 Å². The highest BCUT2D eigenvalue weighted by Crippen LogP contribution is 2.19. The maximum Gasteiger partial charge on any atom is 0.238 e. The largest absolute Gasteiger partial charge is 0.391 e. The first-order valence-electron chi connectivity index (χ1n) is 6.46. The van der Waals surface area contributed by atoms with E-state index in [1.54, 1.807) is 12.1 Å². The van der Waals surface area contributed by atoms with Crippen molar-refractivity contribution in [2.75, 3.05) is 32.1 Å². The molecular weight excluding hydrogens is 280 g/mol. The molecule has 5 nitrogen and oxygen atoms in total. The third-order valence-corrected chi connectivity index (χ3v) is 3.01. The molecule has 1 rings (SSSR count). The number of halogens is 1. The fourth-order valence-corrected chi connectivity index (χ4v) is 1.84. The maximum atomic E-state index is 11.7. The van der Waals surface area contributed by atoms with E-state index >= 15 is 0 Å². The van der Waals surface area contributed by atoms with Gasteiger partial charge in [0, 0.05) is 17.8 Å². The van der Waals surface area contributed by atoms with Crippen molar-refractivity contribution in [3.8, 4) is 0 Å². The monoisotopic (exact) mass is 300 g/mol. The lowest BCUT2D eigenvalue weighted by molar-refractivity contribution is -0.115. The lowest BCUT2D eigenvalue weighted by Gasteiger charge is -2.11. The van der Waals surface area contributed by atoms with Gasteiger partial charge in [-0.25, -0.2) is 0 Å². The number of methoxy groups -OCH3 is 1. The standard InChI is InChI=1S/C14H21ClN2O3/c1-10-3-4-11(15)7-13(10)17-14(19)8-16-6-5-12(18)9-20-2/h3-4,7,12,16,18H,5-6,8-9H2,1-2H3,(H,17,19). The van der Waals surface area contributed by atoms with Gasteiger partial charge in [0.1, 0.15) is 0 Å². The quantitative estimate of drug-likeness (QED) is 0.638. The van der Waals surface area contributed by atoms with E-state index in [-0.39, 0.29) is 12.5 Å². The Kier molecular flexibility index (Phi) is 7.54. The summed E-state index contributed by atoms with van der Waals surface area (Å²) in [6.45, 7) is 2.94. The first kappa shape index (κ1) is 16.9. The molecular formula is C14H21ClN2O3. The van der Waals surface area contributed by atoms with Gasteiger partial charge in [-0.15, -0.1) is 0 Å². The van der Waals surface area contributed by atoms with Crippen LogP contribution in [0.25, 0.3) is 0 Å². The summed E-state index contributed by atoms with van der Waals surface area (Å²) in [5.74, 6) is -0.142. The Morgan fingerprint density at radius 2 is 2.25 bits per heavy atom. The van der Waals surface area contributed by atoms with Crippen molar-refractivity contribution in [2.24, 2.45) is 0 Å². The summed E-state index contributed by atoms with van der Waals surface area (Å²) in [7, 11) is 1.54. The molecule has 112 valence electrons. The molecule has 1 atom stereocenters. The molecule has 0 aliphatic rings. The Morgan fingerprint density at radius 3 is 2.95 bits per heavy atom. The molecule has 0 bridgehead atoms. The fraction of sp³-hybridized carbons (Fsp3) is 0.500. The first-order chi connectivity index (χ1) is 9.52. The predicted octanol–water partition coefficient (Wildman–Crippen LogP) is 1.57. The number of carbonyl (C=O) groups is 1. The number of hydrogen-bond donors (Lipinski definition) is 3. The first-order valence-corrected chi connectivity index (χ1v) is 6.84. The SMILES string of the molecule is COCC(O)CCNCC(=O)Nc1cc(Cl)ccc1C. The third-order valence-electron chi connectivity index (χ3n) is 2.77. The summed E-state index contributed by atoms with van der Waals surface area (Å²) in [4.78, 5) is 11.7. The van der Waals surface area contributed by atoms with Gasteiger partial charge in [0.05, 0.1) is 19.3 Å². The Morgan fingerprint density at radius 1 is 1.50 bits per heavy atom. The minimum Gasteiger partial charge on any atom is -0.391 e. The van der Waals surface area contributed by atoms with Crippen LogP contribution in [0.2, 0.25) is 5.02 Å². The summed E-state index contributed by atoms with van der Waals surface area (Å²) in [5.41, 5.74) is 1.67. The average Bonchev–Trinajstić information content (AvgIpc) is 2.39. The van der Waals surface area contributed by atoms with Gasteiger partial charge in [-0.2, -0.15) is 0 Å². The van der Waals surface area contributed by atoms with E-state index < -0.39 is 6.10 Å².